The summed E-state index contributed by atoms with van der Waals surface area (Å²) in [7, 11) is 0. The highest BCUT2D eigenvalue weighted by Gasteiger charge is 2.16. The smallest absolute Gasteiger partial charge is 0.274 e. The molecule has 8 nitrogen and oxygen atoms in total. The predicted molar refractivity (Wildman–Crippen MR) is 109 cm³/mol. The summed E-state index contributed by atoms with van der Waals surface area (Å²) in [5, 5.41) is 17.6. The Balaban J connectivity index is 1.92. The highest BCUT2D eigenvalue weighted by Crippen LogP contribution is 2.23. The number of aromatic nitrogens is 3. The molecule has 0 saturated heterocycles. The van der Waals surface area contributed by atoms with E-state index in [4.69, 9.17) is 0 Å². The Morgan fingerprint density at radius 3 is 2.46 bits per heavy atom. The van der Waals surface area contributed by atoms with Crippen LogP contribution < -0.4 is 10.6 Å². The molecule has 0 bridgehead atoms. The molecule has 0 aliphatic heterocycles. The molecule has 28 heavy (non-hydrogen) atoms. The molecule has 0 amide bonds. The third kappa shape index (κ3) is 5.00. The van der Waals surface area contributed by atoms with Crippen LogP contribution in [0.4, 0.5) is 17.5 Å². The van der Waals surface area contributed by atoms with Crippen LogP contribution in [-0.2, 0) is 6.54 Å². The van der Waals surface area contributed by atoms with E-state index in [1.54, 1.807) is 30.5 Å². The molecular weight excluding hydrogens is 356 g/mol. The summed E-state index contributed by atoms with van der Waals surface area (Å²) in [5.74, 6) is 1.02. The van der Waals surface area contributed by atoms with E-state index in [0.717, 1.165) is 5.69 Å². The van der Waals surface area contributed by atoms with Gasteiger partial charge in [-0.2, -0.15) is 4.98 Å². The number of nitrogens with one attached hydrogen (secondary N) is 2. The Morgan fingerprint density at radius 1 is 1.04 bits per heavy atom. The molecule has 2 heterocycles. The molecule has 3 rings (SSSR count). The van der Waals surface area contributed by atoms with Crippen molar-refractivity contribution in [2.75, 3.05) is 10.6 Å². The van der Waals surface area contributed by atoms with E-state index in [1.165, 1.54) is 6.07 Å². The molecule has 0 saturated carbocycles. The summed E-state index contributed by atoms with van der Waals surface area (Å²) in [4.78, 5) is 24.2. The average Bonchev–Trinajstić information content (AvgIpc) is 2.65. The fourth-order valence-corrected chi connectivity index (χ4v) is 2.60. The van der Waals surface area contributed by atoms with Crippen molar-refractivity contribution in [3.8, 4) is 11.4 Å². The zero-order valence-corrected chi connectivity index (χ0v) is 16.0. The van der Waals surface area contributed by atoms with Crippen molar-refractivity contribution < 1.29 is 4.92 Å². The molecule has 1 aromatic carbocycles. The Kier molecular flexibility index (Phi) is 5.49. The number of nitro benzene ring substituents is 1. The largest absolute Gasteiger partial charge is 0.366 e. The van der Waals surface area contributed by atoms with Crippen molar-refractivity contribution >= 4 is 17.5 Å². The van der Waals surface area contributed by atoms with Crippen LogP contribution in [0.1, 0.15) is 26.3 Å². The molecule has 0 atom stereocenters. The summed E-state index contributed by atoms with van der Waals surface area (Å²) in [5.41, 5.74) is 1.80. The highest BCUT2D eigenvalue weighted by atomic mass is 16.6. The van der Waals surface area contributed by atoms with Gasteiger partial charge in [-0.05, 0) is 32.9 Å². The van der Waals surface area contributed by atoms with Crippen molar-refractivity contribution in [2.45, 2.75) is 32.9 Å². The van der Waals surface area contributed by atoms with Gasteiger partial charge in [0.1, 0.15) is 5.82 Å². The minimum Gasteiger partial charge on any atom is -0.366 e. The second-order valence-corrected chi connectivity index (χ2v) is 7.29. The molecular formula is C20H22N6O2. The summed E-state index contributed by atoms with van der Waals surface area (Å²) >= 11 is 0. The molecule has 0 spiro atoms. The molecule has 0 aliphatic rings. The van der Waals surface area contributed by atoms with Crippen LogP contribution >= 0.6 is 0 Å². The van der Waals surface area contributed by atoms with E-state index in [1.807, 2.05) is 39.0 Å². The fourth-order valence-electron chi connectivity index (χ4n) is 2.60. The van der Waals surface area contributed by atoms with Crippen molar-refractivity contribution in [3.05, 3.63) is 70.4 Å². The van der Waals surface area contributed by atoms with Gasteiger partial charge in [-0.3, -0.25) is 15.1 Å². The van der Waals surface area contributed by atoms with E-state index in [9.17, 15) is 10.1 Å². The maximum Gasteiger partial charge on any atom is 0.274 e. The normalized spacial score (nSPS) is 11.1. The fraction of sp³-hybridized carbons (Fsp3) is 0.250. The predicted octanol–water partition coefficient (Wildman–Crippen LogP) is 4.27. The number of nitro groups is 1. The number of para-hydroxylation sites is 1. The second-order valence-electron chi connectivity index (χ2n) is 7.29. The lowest BCUT2D eigenvalue weighted by Crippen LogP contribution is -2.27. The number of nitrogens with zero attached hydrogens (tertiary/aromatic N) is 4. The van der Waals surface area contributed by atoms with Gasteiger partial charge in [0.25, 0.3) is 5.69 Å². The molecule has 0 fully saturated rings. The van der Waals surface area contributed by atoms with E-state index in [0.29, 0.717) is 23.0 Å². The minimum absolute atomic E-state index is 0.0713. The molecule has 144 valence electrons. The Morgan fingerprint density at radius 2 is 1.79 bits per heavy atom. The van der Waals surface area contributed by atoms with E-state index in [-0.39, 0.29) is 22.7 Å². The van der Waals surface area contributed by atoms with Gasteiger partial charge in [-0.25, -0.2) is 4.98 Å². The number of hydrogen-bond acceptors (Lipinski definition) is 7. The van der Waals surface area contributed by atoms with Crippen LogP contribution in [0.25, 0.3) is 11.4 Å². The molecule has 3 aromatic rings. The van der Waals surface area contributed by atoms with Crippen molar-refractivity contribution in [1.82, 2.24) is 15.0 Å². The van der Waals surface area contributed by atoms with Crippen LogP contribution in [0.2, 0.25) is 0 Å². The van der Waals surface area contributed by atoms with Gasteiger partial charge >= 0.3 is 0 Å². The molecule has 2 N–H and O–H groups in total. The molecule has 0 aliphatic carbocycles. The highest BCUT2D eigenvalue weighted by molar-refractivity contribution is 5.61. The second kappa shape index (κ2) is 7.99. The maximum absolute atomic E-state index is 11.2. The zero-order chi connectivity index (χ0) is 20.1. The molecule has 0 unspecified atom stereocenters. The van der Waals surface area contributed by atoms with Crippen molar-refractivity contribution in [1.29, 1.82) is 0 Å². The van der Waals surface area contributed by atoms with Gasteiger partial charge in [-0.1, -0.05) is 24.3 Å². The van der Waals surface area contributed by atoms with Gasteiger partial charge in [0.15, 0.2) is 0 Å². The number of benzene rings is 1. The summed E-state index contributed by atoms with van der Waals surface area (Å²) < 4.78 is 0. The standard InChI is InChI=1S/C20H22N6O2/c1-20(2,3)25-19-23-16(15-9-6-7-11-21-15)12-18(24-19)22-13-14-8-4-5-10-17(14)26(27)28/h4-12H,13H2,1-3H3,(H2,22,23,24,25). The topological polar surface area (TPSA) is 106 Å². The molecule has 0 radical (unpaired) electrons. The van der Waals surface area contributed by atoms with Crippen LogP contribution in [0.3, 0.4) is 0 Å². The van der Waals surface area contributed by atoms with E-state index in [2.05, 4.69) is 25.6 Å². The maximum atomic E-state index is 11.2. The van der Waals surface area contributed by atoms with Crippen molar-refractivity contribution in [2.24, 2.45) is 0 Å². The first-order chi connectivity index (χ1) is 13.3. The van der Waals surface area contributed by atoms with Gasteiger partial charge in [0.05, 0.1) is 16.3 Å². The monoisotopic (exact) mass is 378 g/mol. The minimum atomic E-state index is -0.386. The first kappa shape index (κ1) is 19.2. The number of pyridine rings is 1. The van der Waals surface area contributed by atoms with Crippen molar-refractivity contribution in [3.63, 3.8) is 0 Å². The Labute approximate surface area is 163 Å². The third-order valence-corrected chi connectivity index (χ3v) is 3.79. The van der Waals surface area contributed by atoms with Crippen LogP contribution in [0, 0.1) is 10.1 Å². The van der Waals surface area contributed by atoms with E-state index >= 15 is 0 Å². The Hall–Kier alpha value is -3.55. The quantitative estimate of drug-likeness (QED) is 0.487. The summed E-state index contributed by atoms with van der Waals surface area (Å²) in [6.07, 6.45) is 1.70. The lowest BCUT2D eigenvalue weighted by atomic mass is 10.1. The lowest BCUT2D eigenvalue weighted by Gasteiger charge is -2.21. The summed E-state index contributed by atoms with van der Waals surface area (Å²) in [6.45, 7) is 6.32. The number of rotatable bonds is 6. The van der Waals surface area contributed by atoms with Gasteiger partial charge in [-0.15, -0.1) is 0 Å². The zero-order valence-electron chi connectivity index (χ0n) is 16.0. The van der Waals surface area contributed by atoms with E-state index < -0.39 is 0 Å². The molecule has 8 heteroatoms. The first-order valence-corrected chi connectivity index (χ1v) is 8.87. The third-order valence-electron chi connectivity index (χ3n) is 3.79. The van der Waals surface area contributed by atoms with Crippen LogP contribution in [-0.4, -0.2) is 25.4 Å². The first-order valence-electron chi connectivity index (χ1n) is 8.87. The van der Waals surface area contributed by atoms with Gasteiger partial charge in [0, 0.05) is 36.0 Å². The molecule has 2 aromatic heterocycles. The Bertz CT molecular complexity index is 970. The van der Waals surface area contributed by atoms with Gasteiger partial charge in [0.2, 0.25) is 5.95 Å². The number of hydrogen-bond donors (Lipinski definition) is 2. The van der Waals surface area contributed by atoms with Crippen LogP contribution in [0.5, 0.6) is 0 Å². The van der Waals surface area contributed by atoms with Gasteiger partial charge < -0.3 is 10.6 Å². The average molecular weight is 378 g/mol. The SMILES string of the molecule is CC(C)(C)Nc1nc(NCc2ccccc2[N+](=O)[O-])cc(-c2ccccn2)n1. The summed E-state index contributed by atoms with van der Waals surface area (Å²) in [6, 6.07) is 14.0. The number of anilines is 2. The lowest BCUT2D eigenvalue weighted by molar-refractivity contribution is -0.385. The van der Waals surface area contributed by atoms with Crippen LogP contribution in [0.15, 0.2) is 54.7 Å².